The number of aromatic nitrogens is 2. The molecular weight excluding hydrogens is 406 g/mol. The van der Waals surface area contributed by atoms with E-state index in [0.29, 0.717) is 23.8 Å². The lowest BCUT2D eigenvalue weighted by Crippen LogP contribution is -2.37. The monoisotopic (exact) mass is 431 g/mol. The van der Waals surface area contributed by atoms with Crippen molar-refractivity contribution in [2.45, 2.75) is 32.3 Å². The molecule has 1 saturated heterocycles. The van der Waals surface area contributed by atoms with Crippen LogP contribution in [0.4, 0.5) is 0 Å². The second-order valence-electron chi connectivity index (χ2n) is 8.03. The Morgan fingerprint density at radius 2 is 2.03 bits per heavy atom. The molecule has 6 heteroatoms. The Balaban J connectivity index is 1.22. The summed E-state index contributed by atoms with van der Waals surface area (Å²) in [6, 6.07) is 15.9. The minimum absolute atomic E-state index is 0.0762. The van der Waals surface area contributed by atoms with Gasteiger partial charge in [-0.1, -0.05) is 24.3 Å². The van der Waals surface area contributed by atoms with Crippen LogP contribution in [0.15, 0.2) is 60.1 Å². The lowest BCUT2D eigenvalue weighted by atomic mass is 9.89. The van der Waals surface area contributed by atoms with Crippen LogP contribution in [0, 0.1) is 6.92 Å². The molecule has 2 aromatic carbocycles. The largest absolute Gasteiger partial charge is 0.487 e. The third-order valence-electron chi connectivity index (χ3n) is 5.98. The van der Waals surface area contributed by atoms with Gasteiger partial charge in [0, 0.05) is 41.1 Å². The van der Waals surface area contributed by atoms with Crippen LogP contribution in [0.3, 0.4) is 0 Å². The van der Waals surface area contributed by atoms with Crippen molar-refractivity contribution in [3.05, 3.63) is 81.9 Å². The molecular formula is C25H25N3O2S. The van der Waals surface area contributed by atoms with Gasteiger partial charge in [0.05, 0.1) is 10.7 Å². The van der Waals surface area contributed by atoms with E-state index in [9.17, 15) is 4.79 Å². The van der Waals surface area contributed by atoms with Crippen molar-refractivity contribution in [3.8, 4) is 5.75 Å². The summed E-state index contributed by atoms with van der Waals surface area (Å²) < 4.78 is 5.86. The predicted octanol–water partition coefficient (Wildman–Crippen LogP) is 5.53. The molecule has 1 aliphatic rings. The Kier molecular flexibility index (Phi) is 5.47. The highest BCUT2D eigenvalue weighted by molar-refractivity contribution is 7.09. The molecule has 0 spiro atoms. The number of amides is 1. The van der Waals surface area contributed by atoms with Gasteiger partial charge in [0.25, 0.3) is 5.91 Å². The van der Waals surface area contributed by atoms with E-state index in [1.54, 1.807) is 11.3 Å². The molecule has 5 rings (SSSR count). The number of thiazole rings is 1. The molecule has 1 N–H and O–H groups in total. The van der Waals surface area contributed by atoms with Gasteiger partial charge in [-0.25, -0.2) is 4.98 Å². The molecule has 1 aliphatic heterocycles. The smallest absolute Gasteiger partial charge is 0.253 e. The average molecular weight is 432 g/mol. The number of hydrogen-bond donors (Lipinski definition) is 1. The molecule has 5 nitrogen and oxygen atoms in total. The summed E-state index contributed by atoms with van der Waals surface area (Å²) in [5.74, 6) is 1.26. The first-order chi connectivity index (χ1) is 15.2. The van der Waals surface area contributed by atoms with Crippen molar-refractivity contribution in [1.29, 1.82) is 0 Å². The second-order valence-corrected chi connectivity index (χ2v) is 9.09. The van der Waals surface area contributed by atoms with Crippen LogP contribution in [0.2, 0.25) is 0 Å². The summed E-state index contributed by atoms with van der Waals surface area (Å²) in [4.78, 5) is 22.9. The van der Waals surface area contributed by atoms with Crippen molar-refractivity contribution in [1.82, 2.24) is 14.9 Å². The molecule has 0 aliphatic carbocycles. The highest BCUT2D eigenvalue weighted by atomic mass is 32.1. The van der Waals surface area contributed by atoms with E-state index in [-0.39, 0.29) is 5.91 Å². The highest BCUT2D eigenvalue weighted by Gasteiger charge is 2.26. The maximum atomic E-state index is 13.1. The summed E-state index contributed by atoms with van der Waals surface area (Å²) in [5, 5.41) is 4.33. The fourth-order valence-electron chi connectivity index (χ4n) is 4.36. The third kappa shape index (κ3) is 4.21. The average Bonchev–Trinajstić information content (AvgIpc) is 3.43. The van der Waals surface area contributed by atoms with Gasteiger partial charge in [0.2, 0.25) is 0 Å². The molecule has 158 valence electrons. The van der Waals surface area contributed by atoms with Gasteiger partial charge in [-0.05, 0) is 55.5 Å². The van der Waals surface area contributed by atoms with Gasteiger partial charge in [-0.15, -0.1) is 11.3 Å². The first kappa shape index (κ1) is 19.8. The van der Waals surface area contributed by atoms with Gasteiger partial charge >= 0.3 is 0 Å². The summed E-state index contributed by atoms with van der Waals surface area (Å²) in [7, 11) is 0. The first-order valence-electron chi connectivity index (χ1n) is 10.7. The Bertz CT molecular complexity index is 1200. The van der Waals surface area contributed by atoms with Crippen LogP contribution in [0.1, 0.15) is 45.4 Å². The van der Waals surface area contributed by atoms with E-state index < -0.39 is 0 Å². The summed E-state index contributed by atoms with van der Waals surface area (Å²) in [5.41, 5.74) is 4.15. The number of ether oxygens (including phenoxy) is 1. The molecule has 0 unspecified atom stereocenters. The number of benzene rings is 2. The predicted molar refractivity (Wildman–Crippen MR) is 124 cm³/mol. The zero-order valence-corrected chi connectivity index (χ0v) is 18.3. The number of hydrogen-bond acceptors (Lipinski definition) is 4. The van der Waals surface area contributed by atoms with Crippen LogP contribution < -0.4 is 4.74 Å². The minimum Gasteiger partial charge on any atom is -0.487 e. The summed E-state index contributed by atoms with van der Waals surface area (Å²) >= 11 is 1.61. The van der Waals surface area contributed by atoms with Crippen molar-refractivity contribution >= 4 is 28.1 Å². The van der Waals surface area contributed by atoms with Crippen molar-refractivity contribution in [3.63, 3.8) is 0 Å². The van der Waals surface area contributed by atoms with E-state index >= 15 is 0 Å². The highest BCUT2D eigenvalue weighted by Crippen LogP contribution is 2.33. The Labute approximate surface area is 185 Å². The Morgan fingerprint density at radius 3 is 2.84 bits per heavy atom. The van der Waals surface area contributed by atoms with Crippen molar-refractivity contribution < 1.29 is 9.53 Å². The molecule has 2 aromatic heterocycles. The summed E-state index contributed by atoms with van der Waals surface area (Å²) in [6.07, 6.45) is 4.09. The van der Waals surface area contributed by atoms with Crippen LogP contribution in [-0.4, -0.2) is 33.9 Å². The standard InChI is InChI=1S/C25H25N3O2S/c1-17-27-20(16-31-17)15-30-21-6-4-5-19(13-21)25(29)28-11-9-18(10-12-28)23-14-26-24-8-3-2-7-22(23)24/h2-8,13-14,16,18,26H,9-12,15H2,1H3. The van der Waals surface area contributed by atoms with Gasteiger partial charge in [0.15, 0.2) is 0 Å². The van der Waals surface area contributed by atoms with Crippen LogP contribution >= 0.6 is 11.3 Å². The summed E-state index contributed by atoms with van der Waals surface area (Å²) in [6.45, 7) is 3.94. The molecule has 1 fully saturated rings. The SMILES string of the molecule is Cc1nc(COc2cccc(C(=O)N3CCC(c4c[nH]c5ccccc45)CC3)c2)cs1. The van der Waals surface area contributed by atoms with Gasteiger partial charge in [0.1, 0.15) is 12.4 Å². The van der Waals surface area contributed by atoms with Gasteiger partial charge in [-0.3, -0.25) is 4.79 Å². The zero-order valence-electron chi connectivity index (χ0n) is 17.5. The second kappa shape index (κ2) is 8.55. The van der Waals surface area contributed by atoms with Crippen LogP contribution in [0.25, 0.3) is 10.9 Å². The van der Waals surface area contributed by atoms with E-state index in [0.717, 1.165) is 36.6 Å². The van der Waals surface area contributed by atoms with Crippen LogP contribution in [0.5, 0.6) is 5.75 Å². The van der Waals surface area contributed by atoms with Gasteiger partial charge < -0.3 is 14.6 Å². The zero-order chi connectivity index (χ0) is 21.2. The first-order valence-corrected chi connectivity index (χ1v) is 11.5. The lowest BCUT2D eigenvalue weighted by molar-refractivity contribution is 0.0713. The number of H-pyrrole nitrogens is 1. The molecule has 1 amide bonds. The fourth-order valence-corrected chi connectivity index (χ4v) is 4.96. The molecule has 0 saturated carbocycles. The van der Waals surface area contributed by atoms with Crippen molar-refractivity contribution in [2.24, 2.45) is 0 Å². The molecule has 0 bridgehead atoms. The van der Waals surface area contributed by atoms with Crippen LogP contribution in [-0.2, 0) is 6.61 Å². The van der Waals surface area contributed by atoms with E-state index in [1.807, 2.05) is 41.5 Å². The van der Waals surface area contributed by atoms with E-state index in [1.165, 1.54) is 16.5 Å². The lowest BCUT2D eigenvalue weighted by Gasteiger charge is -2.32. The molecule has 31 heavy (non-hydrogen) atoms. The molecule has 3 heterocycles. The fraction of sp³-hybridized carbons (Fsp3) is 0.280. The number of carbonyl (C=O) groups excluding carboxylic acids is 1. The Morgan fingerprint density at radius 1 is 1.19 bits per heavy atom. The number of para-hydroxylation sites is 1. The maximum Gasteiger partial charge on any atom is 0.253 e. The Hall–Kier alpha value is -3.12. The maximum absolute atomic E-state index is 13.1. The van der Waals surface area contributed by atoms with E-state index in [2.05, 4.69) is 40.4 Å². The number of fused-ring (bicyclic) bond motifs is 1. The number of nitrogens with zero attached hydrogens (tertiary/aromatic N) is 2. The number of aromatic amines is 1. The quantitative estimate of drug-likeness (QED) is 0.452. The topological polar surface area (TPSA) is 58.2 Å². The molecule has 4 aromatic rings. The minimum atomic E-state index is 0.0762. The normalized spacial score (nSPS) is 14.8. The van der Waals surface area contributed by atoms with E-state index in [4.69, 9.17) is 4.74 Å². The number of rotatable bonds is 5. The van der Waals surface area contributed by atoms with Crippen molar-refractivity contribution in [2.75, 3.05) is 13.1 Å². The third-order valence-corrected chi connectivity index (χ3v) is 6.80. The number of piperidine rings is 1. The van der Waals surface area contributed by atoms with Gasteiger partial charge in [-0.2, -0.15) is 0 Å². The number of likely N-dealkylation sites (tertiary alicyclic amines) is 1. The number of aryl methyl sites for hydroxylation is 1. The molecule has 0 atom stereocenters. The number of carbonyl (C=O) groups is 1. The number of nitrogens with one attached hydrogen (secondary N) is 1. The molecule has 0 radical (unpaired) electrons.